The van der Waals surface area contributed by atoms with Crippen LogP contribution in [0.25, 0.3) is 21.9 Å². The maximum atomic E-state index is 14.5. The van der Waals surface area contributed by atoms with Crippen molar-refractivity contribution in [3.63, 3.8) is 0 Å². The van der Waals surface area contributed by atoms with Crippen molar-refractivity contribution in [1.82, 2.24) is 4.98 Å². The van der Waals surface area contributed by atoms with E-state index < -0.39 is 5.60 Å². The molecule has 24 heavy (non-hydrogen) atoms. The Labute approximate surface area is 141 Å². The molecular weight excluding hydrogens is 305 g/mol. The number of nitrogens with zero attached hydrogens (tertiary/aromatic N) is 1. The van der Waals surface area contributed by atoms with E-state index in [9.17, 15) is 4.39 Å². The molecule has 0 unspecified atom stereocenters. The van der Waals surface area contributed by atoms with Crippen LogP contribution in [0.5, 0.6) is 11.6 Å². The predicted octanol–water partition coefficient (Wildman–Crippen LogP) is 5.23. The summed E-state index contributed by atoms with van der Waals surface area (Å²) in [6.07, 6.45) is 1.72. The Balaban J connectivity index is 2.24. The lowest BCUT2D eigenvalue weighted by Gasteiger charge is -2.22. The van der Waals surface area contributed by atoms with Crippen LogP contribution in [-0.2, 0) is 0 Å². The first-order valence-corrected chi connectivity index (χ1v) is 7.80. The fraction of sp³-hybridized carbons (Fsp3) is 0.250. The summed E-state index contributed by atoms with van der Waals surface area (Å²) in [7, 11) is 1.62. The number of benzene rings is 2. The average Bonchev–Trinajstić information content (AvgIpc) is 2.54. The van der Waals surface area contributed by atoms with E-state index in [4.69, 9.17) is 9.47 Å². The molecule has 0 atom stereocenters. The third-order valence-corrected chi connectivity index (χ3v) is 3.61. The van der Waals surface area contributed by atoms with E-state index in [2.05, 4.69) is 4.98 Å². The van der Waals surface area contributed by atoms with Crippen LogP contribution in [0.15, 0.2) is 48.7 Å². The Hall–Kier alpha value is -2.62. The van der Waals surface area contributed by atoms with Gasteiger partial charge in [0.25, 0.3) is 0 Å². The topological polar surface area (TPSA) is 31.4 Å². The van der Waals surface area contributed by atoms with Crippen LogP contribution in [0.3, 0.4) is 0 Å². The monoisotopic (exact) mass is 325 g/mol. The molecule has 124 valence electrons. The number of methoxy groups -OCH3 is 1. The van der Waals surface area contributed by atoms with Gasteiger partial charge in [0.2, 0.25) is 5.88 Å². The fourth-order valence-corrected chi connectivity index (χ4v) is 2.61. The Bertz CT molecular complexity index is 884. The van der Waals surface area contributed by atoms with E-state index in [-0.39, 0.29) is 5.82 Å². The summed E-state index contributed by atoms with van der Waals surface area (Å²) < 4.78 is 25.7. The Morgan fingerprint density at radius 2 is 1.79 bits per heavy atom. The summed E-state index contributed by atoms with van der Waals surface area (Å²) in [5, 5.41) is 1.16. The van der Waals surface area contributed by atoms with Gasteiger partial charge in [-0.05, 0) is 49.9 Å². The highest BCUT2D eigenvalue weighted by molar-refractivity contribution is 5.99. The maximum Gasteiger partial charge on any atom is 0.224 e. The van der Waals surface area contributed by atoms with E-state index in [1.54, 1.807) is 19.4 Å². The molecule has 3 nitrogen and oxygen atoms in total. The van der Waals surface area contributed by atoms with Crippen molar-refractivity contribution in [2.24, 2.45) is 0 Å². The van der Waals surface area contributed by atoms with Crippen molar-refractivity contribution in [2.45, 2.75) is 26.4 Å². The van der Waals surface area contributed by atoms with Crippen molar-refractivity contribution in [2.75, 3.05) is 7.11 Å². The fourth-order valence-electron chi connectivity index (χ4n) is 2.61. The number of fused-ring (bicyclic) bond motifs is 1. The van der Waals surface area contributed by atoms with Gasteiger partial charge in [-0.15, -0.1) is 0 Å². The molecule has 0 bridgehead atoms. The number of hydrogen-bond acceptors (Lipinski definition) is 3. The lowest BCUT2D eigenvalue weighted by molar-refractivity contribution is 0.126. The molecule has 0 radical (unpaired) electrons. The molecule has 0 aliphatic carbocycles. The van der Waals surface area contributed by atoms with Crippen LogP contribution in [0.1, 0.15) is 20.8 Å². The molecule has 2 aromatic carbocycles. The summed E-state index contributed by atoms with van der Waals surface area (Å²) in [6, 6.07) is 12.6. The Morgan fingerprint density at radius 3 is 2.50 bits per heavy atom. The van der Waals surface area contributed by atoms with Gasteiger partial charge in [-0.2, -0.15) is 0 Å². The van der Waals surface area contributed by atoms with E-state index in [0.29, 0.717) is 11.3 Å². The number of hydrogen-bond donors (Lipinski definition) is 0. The molecule has 0 aliphatic heterocycles. The van der Waals surface area contributed by atoms with E-state index in [0.717, 1.165) is 22.3 Å². The second-order valence-corrected chi connectivity index (χ2v) is 6.59. The molecule has 1 heterocycles. The average molecular weight is 325 g/mol. The molecule has 0 saturated carbocycles. The molecule has 1 aromatic heterocycles. The third kappa shape index (κ3) is 3.18. The molecule has 0 amide bonds. The van der Waals surface area contributed by atoms with Crippen molar-refractivity contribution in [1.29, 1.82) is 0 Å². The number of ether oxygens (including phenoxy) is 2. The van der Waals surface area contributed by atoms with Crippen LogP contribution in [0.2, 0.25) is 0 Å². The zero-order valence-electron chi connectivity index (χ0n) is 14.3. The second kappa shape index (κ2) is 6.11. The summed E-state index contributed by atoms with van der Waals surface area (Å²) in [6.45, 7) is 5.74. The lowest BCUT2D eigenvalue weighted by Crippen LogP contribution is -2.23. The van der Waals surface area contributed by atoms with E-state index in [1.165, 1.54) is 6.07 Å². The number of rotatable bonds is 3. The van der Waals surface area contributed by atoms with Crippen molar-refractivity contribution in [3.05, 3.63) is 54.5 Å². The highest BCUT2D eigenvalue weighted by Gasteiger charge is 2.19. The highest BCUT2D eigenvalue weighted by atomic mass is 19.1. The zero-order chi connectivity index (χ0) is 17.3. The summed E-state index contributed by atoms with van der Waals surface area (Å²) in [4.78, 5) is 4.38. The van der Waals surface area contributed by atoms with Gasteiger partial charge < -0.3 is 9.47 Å². The number of pyridine rings is 1. The largest absolute Gasteiger partial charge is 0.497 e. The Kier molecular flexibility index (Phi) is 4.14. The SMILES string of the molecule is COc1cccc(-c2cnc(OC(C)(C)C)c3c(F)cccc23)c1. The molecule has 3 rings (SSSR count). The minimum Gasteiger partial charge on any atom is -0.497 e. The van der Waals surface area contributed by atoms with Crippen molar-refractivity contribution < 1.29 is 13.9 Å². The maximum absolute atomic E-state index is 14.5. The minimum absolute atomic E-state index is 0.308. The van der Waals surface area contributed by atoms with E-state index >= 15 is 0 Å². The van der Waals surface area contributed by atoms with Crippen LogP contribution in [0, 0.1) is 5.82 Å². The molecule has 0 aliphatic rings. The highest BCUT2D eigenvalue weighted by Crippen LogP contribution is 2.36. The van der Waals surface area contributed by atoms with Crippen molar-refractivity contribution >= 4 is 10.8 Å². The molecule has 4 heteroatoms. The van der Waals surface area contributed by atoms with Crippen molar-refractivity contribution in [3.8, 4) is 22.8 Å². The molecule has 3 aromatic rings. The van der Waals surface area contributed by atoms with Gasteiger partial charge in [-0.3, -0.25) is 0 Å². The van der Waals surface area contributed by atoms with Gasteiger partial charge in [0.05, 0.1) is 12.5 Å². The second-order valence-electron chi connectivity index (χ2n) is 6.59. The number of aromatic nitrogens is 1. The van der Waals surface area contributed by atoms with Gasteiger partial charge in [0, 0.05) is 11.8 Å². The normalized spacial score (nSPS) is 11.5. The van der Waals surface area contributed by atoms with E-state index in [1.807, 2.05) is 51.1 Å². The van der Waals surface area contributed by atoms with Crippen LogP contribution in [0.4, 0.5) is 4.39 Å². The summed E-state index contributed by atoms with van der Waals surface area (Å²) >= 11 is 0. The smallest absolute Gasteiger partial charge is 0.224 e. The van der Waals surface area contributed by atoms with Crippen LogP contribution >= 0.6 is 0 Å². The quantitative estimate of drug-likeness (QED) is 0.661. The molecular formula is C20H20FNO2. The standard InChI is InChI=1S/C20H20FNO2/c1-20(2,3)24-19-18-15(9-6-10-17(18)21)16(12-22-19)13-7-5-8-14(11-13)23-4/h5-12H,1-4H3. The zero-order valence-corrected chi connectivity index (χ0v) is 14.3. The first-order valence-electron chi connectivity index (χ1n) is 7.80. The van der Waals surface area contributed by atoms with Gasteiger partial charge in [-0.1, -0.05) is 24.3 Å². The van der Waals surface area contributed by atoms with Gasteiger partial charge in [-0.25, -0.2) is 9.37 Å². The van der Waals surface area contributed by atoms with Gasteiger partial charge in [0.1, 0.15) is 17.2 Å². The first-order chi connectivity index (χ1) is 11.4. The first kappa shape index (κ1) is 16.2. The molecule has 0 fully saturated rings. The molecule has 0 N–H and O–H groups in total. The summed E-state index contributed by atoms with van der Waals surface area (Å²) in [5.41, 5.74) is 1.30. The van der Waals surface area contributed by atoms with Gasteiger partial charge >= 0.3 is 0 Å². The molecule has 0 saturated heterocycles. The number of halogens is 1. The lowest BCUT2D eigenvalue weighted by atomic mass is 10.00. The van der Waals surface area contributed by atoms with Gasteiger partial charge in [0.15, 0.2) is 0 Å². The third-order valence-electron chi connectivity index (χ3n) is 3.61. The molecule has 0 spiro atoms. The minimum atomic E-state index is -0.459. The predicted molar refractivity (Wildman–Crippen MR) is 94.1 cm³/mol. The Morgan fingerprint density at radius 1 is 1.04 bits per heavy atom. The van der Waals surface area contributed by atoms with Crippen LogP contribution < -0.4 is 9.47 Å². The van der Waals surface area contributed by atoms with Crippen LogP contribution in [-0.4, -0.2) is 17.7 Å². The summed E-state index contributed by atoms with van der Waals surface area (Å²) in [5.74, 6) is 0.707.